The Kier molecular flexibility index (Phi) is 1.70. The molecule has 0 aromatic carbocycles. The molecule has 1 saturated heterocycles. The lowest BCUT2D eigenvalue weighted by Crippen LogP contribution is -2.52. The van der Waals surface area contributed by atoms with Crippen LogP contribution in [0.1, 0.15) is 6.42 Å². The third-order valence-electron chi connectivity index (χ3n) is 2.24. The fourth-order valence-corrected chi connectivity index (χ4v) is 1.61. The maximum atomic E-state index is 11.4. The molecule has 0 bridgehead atoms. The summed E-state index contributed by atoms with van der Waals surface area (Å²) in [5.41, 5.74) is 12.6. The first kappa shape index (κ1) is 8.61. The Bertz CT molecular complexity index is 383. The summed E-state index contributed by atoms with van der Waals surface area (Å²) >= 11 is 0. The molecule has 0 saturated carbocycles. The Morgan fingerprint density at radius 2 is 2.00 bits per heavy atom. The van der Waals surface area contributed by atoms with Crippen molar-refractivity contribution in [2.24, 2.45) is 17.4 Å². The lowest BCUT2D eigenvalue weighted by molar-refractivity contribution is -0.123. The van der Waals surface area contributed by atoms with Gasteiger partial charge in [0.2, 0.25) is 5.91 Å². The van der Waals surface area contributed by atoms with Crippen LogP contribution in [0.5, 0.6) is 0 Å². The summed E-state index contributed by atoms with van der Waals surface area (Å²) in [5.74, 6) is -0.819. The molecule has 6 nitrogen and oxygen atoms in total. The van der Waals surface area contributed by atoms with E-state index in [1.54, 1.807) is 6.08 Å². The standard InChI is InChI=1S/C8H10N4O2/c9-3-1-4-6(5(10)2-3)11-8(14)12-7(4)13/h2,4H,1,9-10H2,(H2,11,12,13,14). The molecule has 1 heterocycles. The minimum absolute atomic E-state index is 0.349. The predicted octanol–water partition coefficient (Wildman–Crippen LogP) is -1.14. The van der Waals surface area contributed by atoms with Crippen LogP contribution in [0.3, 0.4) is 0 Å². The number of urea groups is 1. The highest BCUT2D eigenvalue weighted by molar-refractivity contribution is 6.01. The van der Waals surface area contributed by atoms with Crippen LogP contribution in [0.4, 0.5) is 4.79 Å². The van der Waals surface area contributed by atoms with Gasteiger partial charge in [0.1, 0.15) is 0 Å². The Morgan fingerprint density at radius 3 is 2.71 bits per heavy atom. The first-order valence-electron chi connectivity index (χ1n) is 4.15. The number of carbonyl (C=O) groups excluding carboxylic acids is 2. The van der Waals surface area contributed by atoms with Crippen LogP contribution >= 0.6 is 0 Å². The maximum absolute atomic E-state index is 11.4. The minimum Gasteiger partial charge on any atom is -0.402 e. The summed E-state index contributed by atoms with van der Waals surface area (Å²) in [7, 11) is 0. The smallest absolute Gasteiger partial charge is 0.325 e. The number of carbonyl (C=O) groups is 2. The van der Waals surface area contributed by atoms with Crippen molar-refractivity contribution < 1.29 is 9.59 Å². The van der Waals surface area contributed by atoms with Gasteiger partial charge in [0.25, 0.3) is 0 Å². The van der Waals surface area contributed by atoms with Gasteiger partial charge in [0.05, 0.1) is 17.3 Å². The summed E-state index contributed by atoms with van der Waals surface area (Å²) in [6.07, 6.45) is 1.95. The molecular formula is C8H10N4O2. The monoisotopic (exact) mass is 194 g/mol. The average Bonchev–Trinajstić information content (AvgIpc) is 2.07. The van der Waals surface area contributed by atoms with Gasteiger partial charge in [0.15, 0.2) is 0 Å². The number of hydrogen-bond donors (Lipinski definition) is 4. The van der Waals surface area contributed by atoms with Gasteiger partial charge in [-0.2, -0.15) is 0 Å². The second-order valence-electron chi connectivity index (χ2n) is 3.29. The first-order valence-corrected chi connectivity index (χ1v) is 4.15. The molecule has 74 valence electrons. The van der Waals surface area contributed by atoms with E-state index in [0.29, 0.717) is 23.5 Å². The van der Waals surface area contributed by atoms with Gasteiger partial charge in [-0.3, -0.25) is 10.1 Å². The molecule has 1 fully saturated rings. The van der Waals surface area contributed by atoms with E-state index in [4.69, 9.17) is 11.5 Å². The van der Waals surface area contributed by atoms with Gasteiger partial charge < -0.3 is 16.8 Å². The van der Waals surface area contributed by atoms with Crippen molar-refractivity contribution in [2.45, 2.75) is 6.42 Å². The summed E-state index contributed by atoms with van der Waals surface area (Å²) in [6, 6.07) is -0.543. The number of allylic oxidation sites excluding steroid dienone is 2. The second kappa shape index (κ2) is 2.76. The zero-order chi connectivity index (χ0) is 10.3. The molecule has 14 heavy (non-hydrogen) atoms. The van der Waals surface area contributed by atoms with Crippen LogP contribution in [0.2, 0.25) is 0 Å². The van der Waals surface area contributed by atoms with Crippen molar-refractivity contribution in [1.82, 2.24) is 10.6 Å². The lowest BCUT2D eigenvalue weighted by atomic mass is 9.91. The zero-order valence-corrected chi connectivity index (χ0v) is 7.33. The Balaban J connectivity index is 2.42. The molecule has 6 heteroatoms. The fourth-order valence-electron chi connectivity index (χ4n) is 1.61. The van der Waals surface area contributed by atoms with Gasteiger partial charge in [-0.15, -0.1) is 0 Å². The van der Waals surface area contributed by atoms with Crippen LogP contribution in [-0.4, -0.2) is 11.9 Å². The summed E-state index contributed by atoms with van der Waals surface area (Å²) in [4.78, 5) is 22.4. The van der Waals surface area contributed by atoms with Crippen LogP contribution in [0, 0.1) is 5.92 Å². The molecule has 1 unspecified atom stereocenters. The number of fused-ring (bicyclic) bond motifs is 1. The minimum atomic E-state index is -0.543. The van der Waals surface area contributed by atoms with Gasteiger partial charge in [0, 0.05) is 12.1 Å². The molecule has 2 aliphatic rings. The van der Waals surface area contributed by atoms with Gasteiger partial charge in [-0.1, -0.05) is 0 Å². The van der Waals surface area contributed by atoms with E-state index in [0.717, 1.165) is 0 Å². The highest BCUT2D eigenvalue weighted by Gasteiger charge is 2.34. The number of imide groups is 1. The number of nitrogens with two attached hydrogens (primary N) is 2. The molecule has 0 aromatic heterocycles. The van der Waals surface area contributed by atoms with Crippen LogP contribution < -0.4 is 22.1 Å². The van der Waals surface area contributed by atoms with E-state index >= 15 is 0 Å². The van der Waals surface area contributed by atoms with Gasteiger partial charge in [-0.05, 0) is 6.08 Å². The summed E-state index contributed by atoms with van der Waals surface area (Å²) in [5, 5.41) is 4.66. The second-order valence-corrected chi connectivity index (χ2v) is 3.29. The average molecular weight is 194 g/mol. The Labute approximate surface area is 80.0 Å². The third kappa shape index (κ3) is 1.20. The molecule has 1 aliphatic carbocycles. The molecule has 1 aliphatic heterocycles. The van der Waals surface area contributed by atoms with Crippen molar-refractivity contribution in [1.29, 1.82) is 0 Å². The van der Waals surface area contributed by atoms with E-state index < -0.39 is 11.9 Å². The quantitative estimate of drug-likeness (QED) is 0.390. The normalized spacial score (nSPS) is 26.3. The van der Waals surface area contributed by atoms with Crippen LogP contribution in [-0.2, 0) is 4.79 Å². The highest BCUT2D eigenvalue weighted by Crippen LogP contribution is 2.25. The largest absolute Gasteiger partial charge is 0.402 e. The molecule has 6 N–H and O–H groups in total. The molecule has 0 aromatic rings. The van der Waals surface area contributed by atoms with Crippen LogP contribution in [0.25, 0.3) is 0 Å². The van der Waals surface area contributed by atoms with E-state index in [2.05, 4.69) is 10.6 Å². The van der Waals surface area contributed by atoms with Crippen molar-refractivity contribution in [3.05, 3.63) is 23.2 Å². The number of rotatable bonds is 0. The van der Waals surface area contributed by atoms with Crippen molar-refractivity contribution in [2.75, 3.05) is 0 Å². The van der Waals surface area contributed by atoms with E-state index in [-0.39, 0.29) is 5.91 Å². The van der Waals surface area contributed by atoms with Crippen molar-refractivity contribution >= 4 is 11.9 Å². The zero-order valence-electron chi connectivity index (χ0n) is 7.33. The molecule has 0 radical (unpaired) electrons. The maximum Gasteiger partial charge on any atom is 0.325 e. The lowest BCUT2D eigenvalue weighted by Gasteiger charge is -2.29. The van der Waals surface area contributed by atoms with Crippen LogP contribution in [0.15, 0.2) is 23.2 Å². The molecular weight excluding hydrogens is 184 g/mol. The van der Waals surface area contributed by atoms with E-state index in [1.165, 1.54) is 0 Å². The fraction of sp³-hybridized carbons (Fsp3) is 0.250. The van der Waals surface area contributed by atoms with E-state index in [9.17, 15) is 9.59 Å². The number of hydrogen-bond acceptors (Lipinski definition) is 4. The SMILES string of the molecule is NC1=CC(N)=C2NC(=O)NC(=O)C2C1. The van der Waals surface area contributed by atoms with E-state index in [1.807, 2.05) is 0 Å². The number of nitrogens with one attached hydrogen (secondary N) is 2. The highest BCUT2D eigenvalue weighted by atomic mass is 16.2. The summed E-state index contributed by atoms with van der Waals surface area (Å²) in [6.45, 7) is 0. The van der Waals surface area contributed by atoms with Gasteiger partial charge >= 0.3 is 6.03 Å². The molecule has 1 atom stereocenters. The predicted molar refractivity (Wildman–Crippen MR) is 48.3 cm³/mol. The Morgan fingerprint density at radius 1 is 1.29 bits per heavy atom. The van der Waals surface area contributed by atoms with Crippen molar-refractivity contribution in [3.8, 4) is 0 Å². The number of amides is 3. The molecule has 2 rings (SSSR count). The van der Waals surface area contributed by atoms with Crippen molar-refractivity contribution in [3.63, 3.8) is 0 Å². The third-order valence-corrected chi connectivity index (χ3v) is 2.24. The summed E-state index contributed by atoms with van der Waals surface area (Å²) < 4.78 is 0. The molecule has 0 spiro atoms. The first-order chi connectivity index (χ1) is 6.58. The molecule has 3 amide bonds. The topological polar surface area (TPSA) is 110 Å². The van der Waals surface area contributed by atoms with Gasteiger partial charge in [-0.25, -0.2) is 4.79 Å². The Hall–Kier alpha value is -1.98.